The molecule has 2 aliphatic rings. The summed E-state index contributed by atoms with van der Waals surface area (Å²) in [5.74, 6) is 1.03. The molecule has 1 aliphatic heterocycles. The van der Waals surface area contributed by atoms with E-state index in [0.29, 0.717) is 38.8 Å². The Morgan fingerprint density at radius 1 is 1.18 bits per heavy atom. The molecule has 1 aliphatic carbocycles. The molecule has 2 aromatic rings. The lowest BCUT2D eigenvalue weighted by molar-refractivity contribution is 0.0730. The van der Waals surface area contributed by atoms with Crippen molar-refractivity contribution in [3.05, 3.63) is 50.7 Å². The third-order valence-corrected chi connectivity index (χ3v) is 7.10. The summed E-state index contributed by atoms with van der Waals surface area (Å²) in [6.45, 7) is 2.09. The van der Waals surface area contributed by atoms with Crippen LogP contribution in [0.2, 0.25) is 4.34 Å². The van der Waals surface area contributed by atoms with Gasteiger partial charge in [-0.3, -0.25) is 9.59 Å². The monoisotopic (exact) mass is 417 g/mol. The summed E-state index contributed by atoms with van der Waals surface area (Å²) in [5, 5.41) is 2.95. The van der Waals surface area contributed by atoms with Crippen LogP contribution in [0.1, 0.15) is 51.3 Å². The number of nitrogens with one attached hydrogen (secondary N) is 1. The number of nitrogens with zero attached hydrogens (tertiary/aromatic N) is 1. The molecule has 7 heteroatoms. The molecular formula is C21H24ClN3O2S. The molecule has 0 saturated heterocycles. The molecule has 1 aromatic carbocycles. The van der Waals surface area contributed by atoms with E-state index < -0.39 is 0 Å². The fourth-order valence-electron chi connectivity index (χ4n) is 4.24. The van der Waals surface area contributed by atoms with Gasteiger partial charge in [0, 0.05) is 29.9 Å². The molecule has 2 heterocycles. The Morgan fingerprint density at radius 3 is 2.61 bits per heavy atom. The van der Waals surface area contributed by atoms with Crippen molar-refractivity contribution in [2.24, 2.45) is 17.6 Å². The topological polar surface area (TPSA) is 75.4 Å². The Hall–Kier alpha value is -1.89. The highest BCUT2D eigenvalue weighted by molar-refractivity contribution is 7.18. The van der Waals surface area contributed by atoms with Crippen LogP contribution in [-0.2, 0) is 6.54 Å². The predicted octanol–water partition coefficient (Wildman–Crippen LogP) is 4.37. The fraction of sp³-hybridized carbons (Fsp3) is 0.429. The van der Waals surface area contributed by atoms with Gasteiger partial charge < -0.3 is 16.0 Å². The van der Waals surface area contributed by atoms with Crippen molar-refractivity contribution in [3.8, 4) is 0 Å². The molecule has 2 amide bonds. The largest absolute Gasteiger partial charge is 0.334 e. The number of rotatable bonds is 5. The van der Waals surface area contributed by atoms with Gasteiger partial charge >= 0.3 is 0 Å². The van der Waals surface area contributed by atoms with Gasteiger partial charge in [0.1, 0.15) is 0 Å². The number of nitrogens with two attached hydrogens (primary N) is 1. The zero-order chi connectivity index (χ0) is 19.7. The smallest absolute Gasteiger partial charge is 0.265 e. The maximum atomic E-state index is 12.9. The van der Waals surface area contributed by atoms with Gasteiger partial charge in [-0.1, -0.05) is 17.7 Å². The molecule has 4 rings (SSSR count). The molecule has 28 heavy (non-hydrogen) atoms. The standard InChI is InChI=1S/C21H24ClN3O2S/c22-19-9-8-18(28-19)20(26)24-17-3-1-2-15-16(17)12-25(21(15)27)11-14-6-4-13(10-23)5-7-14/h1-3,8-9,13-14H,4-7,10-12,23H2,(H,24,26). The van der Waals surface area contributed by atoms with Crippen LogP contribution < -0.4 is 11.1 Å². The Morgan fingerprint density at radius 2 is 1.93 bits per heavy atom. The number of carbonyl (C=O) groups excluding carboxylic acids is 2. The van der Waals surface area contributed by atoms with Crippen LogP contribution in [0.3, 0.4) is 0 Å². The minimum absolute atomic E-state index is 0.0613. The molecule has 5 nitrogen and oxygen atoms in total. The maximum absolute atomic E-state index is 12.9. The fourth-order valence-corrected chi connectivity index (χ4v) is 5.18. The minimum Gasteiger partial charge on any atom is -0.334 e. The molecule has 1 fully saturated rings. The first-order valence-electron chi connectivity index (χ1n) is 9.73. The summed E-state index contributed by atoms with van der Waals surface area (Å²) < 4.78 is 0.578. The van der Waals surface area contributed by atoms with Gasteiger partial charge in [-0.25, -0.2) is 0 Å². The van der Waals surface area contributed by atoms with Gasteiger partial charge in [0.25, 0.3) is 11.8 Å². The average molecular weight is 418 g/mol. The zero-order valence-corrected chi connectivity index (χ0v) is 17.2. The van der Waals surface area contributed by atoms with Crippen molar-refractivity contribution >= 4 is 40.4 Å². The molecule has 0 atom stereocenters. The number of fused-ring (bicyclic) bond motifs is 1. The molecule has 0 spiro atoms. The number of hydrogen-bond donors (Lipinski definition) is 2. The van der Waals surface area contributed by atoms with Gasteiger partial charge in [0.2, 0.25) is 0 Å². The third-order valence-electron chi connectivity index (χ3n) is 5.87. The number of amides is 2. The van der Waals surface area contributed by atoms with Gasteiger partial charge in [-0.15, -0.1) is 11.3 Å². The van der Waals surface area contributed by atoms with Crippen LogP contribution in [0.4, 0.5) is 5.69 Å². The minimum atomic E-state index is -0.198. The Kier molecular flexibility index (Phi) is 5.71. The first-order chi connectivity index (χ1) is 13.5. The van der Waals surface area contributed by atoms with Crippen molar-refractivity contribution in [3.63, 3.8) is 0 Å². The van der Waals surface area contributed by atoms with Crippen LogP contribution in [0.15, 0.2) is 30.3 Å². The Labute approximate surface area is 173 Å². The third kappa shape index (κ3) is 3.95. The van der Waals surface area contributed by atoms with Gasteiger partial charge in [0.05, 0.1) is 9.21 Å². The van der Waals surface area contributed by atoms with E-state index in [1.54, 1.807) is 12.1 Å². The highest BCUT2D eigenvalue weighted by Crippen LogP contribution is 2.34. The van der Waals surface area contributed by atoms with Crippen LogP contribution in [0.25, 0.3) is 0 Å². The number of benzene rings is 1. The SMILES string of the molecule is NCC1CCC(CN2Cc3c(NC(=O)c4ccc(Cl)s4)cccc3C2=O)CC1. The lowest BCUT2D eigenvalue weighted by Gasteiger charge is -2.30. The molecule has 1 saturated carbocycles. The van der Waals surface area contributed by atoms with Crippen molar-refractivity contribution < 1.29 is 9.59 Å². The van der Waals surface area contributed by atoms with Gasteiger partial charge in [0.15, 0.2) is 0 Å². The quantitative estimate of drug-likeness (QED) is 0.758. The highest BCUT2D eigenvalue weighted by Gasteiger charge is 2.32. The lowest BCUT2D eigenvalue weighted by atomic mass is 9.82. The number of hydrogen-bond acceptors (Lipinski definition) is 4. The molecular weight excluding hydrogens is 394 g/mol. The summed E-state index contributed by atoms with van der Waals surface area (Å²) in [7, 11) is 0. The van der Waals surface area contributed by atoms with E-state index >= 15 is 0 Å². The number of anilines is 1. The van der Waals surface area contributed by atoms with Crippen LogP contribution in [0, 0.1) is 11.8 Å². The Balaban J connectivity index is 1.45. The summed E-state index contributed by atoms with van der Waals surface area (Å²) >= 11 is 7.17. The maximum Gasteiger partial charge on any atom is 0.265 e. The van der Waals surface area contributed by atoms with E-state index in [1.165, 1.54) is 11.3 Å². The first-order valence-corrected chi connectivity index (χ1v) is 10.9. The van der Waals surface area contributed by atoms with E-state index in [1.807, 2.05) is 23.1 Å². The predicted molar refractivity (Wildman–Crippen MR) is 113 cm³/mol. The molecule has 0 bridgehead atoms. The molecule has 3 N–H and O–H groups in total. The summed E-state index contributed by atoms with van der Waals surface area (Å²) in [4.78, 5) is 27.9. The molecule has 0 unspecified atom stereocenters. The number of carbonyl (C=O) groups is 2. The zero-order valence-electron chi connectivity index (χ0n) is 15.6. The van der Waals surface area contributed by atoms with E-state index in [9.17, 15) is 9.59 Å². The van der Waals surface area contributed by atoms with Crippen molar-refractivity contribution in [1.29, 1.82) is 0 Å². The Bertz CT molecular complexity index is 890. The van der Waals surface area contributed by atoms with E-state index in [4.69, 9.17) is 17.3 Å². The summed E-state index contributed by atoms with van der Waals surface area (Å²) in [5.41, 5.74) is 8.08. The second-order valence-corrected chi connectivity index (χ2v) is 9.41. The normalized spacial score (nSPS) is 21.6. The second-order valence-electron chi connectivity index (χ2n) is 7.70. The van der Waals surface area contributed by atoms with Crippen LogP contribution in [0.5, 0.6) is 0 Å². The van der Waals surface area contributed by atoms with Crippen molar-refractivity contribution in [1.82, 2.24) is 4.90 Å². The average Bonchev–Trinajstić information content (AvgIpc) is 3.27. The molecule has 0 radical (unpaired) electrons. The van der Waals surface area contributed by atoms with Gasteiger partial charge in [-0.2, -0.15) is 0 Å². The van der Waals surface area contributed by atoms with Gasteiger partial charge in [-0.05, 0) is 68.3 Å². The number of halogens is 1. The summed E-state index contributed by atoms with van der Waals surface area (Å²) in [6, 6.07) is 8.95. The van der Waals surface area contributed by atoms with Crippen molar-refractivity contribution in [2.45, 2.75) is 32.2 Å². The first kappa shape index (κ1) is 19.4. The highest BCUT2D eigenvalue weighted by atomic mass is 35.5. The molecule has 1 aromatic heterocycles. The van der Waals surface area contributed by atoms with Crippen molar-refractivity contribution in [2.75, 3.05) is 18.4 Å². The number of thiophene rings is 1. The van der Waals surface area contributed by atoms with Crippen LogP contribution >= 0.6 is 22.9 Å². The van der Waals surface area contributed by atoms with E-state index in [-0.39, 0.29) is 11.8 Å². The van der Waals surface area contributed by atoms with Crippen LogP contribution in [-0.4, -0.2) is 29.8 Å². The molecule has 148 valence electrons. The van der Waals surface area contributed by atoms with E-state index in [2.05, 4.69) is 5.32 Å². The van der Waals surface area contributed by atoms with E-state index in [0.717, 1.165) is 44.3 Å². The second kappa shape index (κ2) is 8.23. The summed E-state index contributed by atoms with van der Waals surface area (Å²) in [6.07, 6.45) is 4.57. The lowest BCUT2D eigenvalue weighted by Crippen LogP contribution is -2.32.